The first-order valence-electron chi connectivity index (χ1n) is 9.98. The van der Waals surface area contributed by atoms with Crippen LogP contribution in [0.1, 0.15) is 44.6 Å². The van der Waals surface area contributed by atoms with Crippen molar-refractivity contribution in [2.75, 3.05) is 12.4 Å². The van der Waals surface area contributed by atoms with Crippen molar-refractivity contribution in [2.45, 2.75) is 54.0 Å². The van der Waals surface area contributed by atoms with Gasteiger partial charge < -0.3 is 10.0 Å². The minimum Gasteiger partial charge on any atom is -0.480 e. The minimum atomic E-state index is -0.953. The van der Waals surface area contributed by atoms with Crippen molar-refractivity contribution < 1.29 is 14.7 Å². The van der Waals surface area contributed by atoms with E-state index in [9.17, 15) is 14.7 Å². The fraction of sp³-hybridized carbons (Fsp3) is 0.429. The summed E-state index contributed by atoms with van der Waals surface area (Å²) in [6.45, 7) is 3.30. The summed E-state index contributed by atoms with van der Waals surface area (Å²) < 4.78 is 1.01. The third-order valence-electron chi connectivity index (χ3n) is 5.67. The van der Waals surface area contributed by atoms with Crippen LogP contribution in [0, 0.1) is 0 Å². The number of rotatable bonds is 6. The SMILES string of the molecule is CN(C(=O)Nc1ncc(SC(C)(C)C(=O)O)s1)C1CCC(c2ccc3ncsc3c2)C1. The molecule has 0 radical (unpaired) electrons. The van der Waals surface area contributed by atoms with Crippen LogP contribution in [-0.4, -0.2) is 49.8 Å². The van der Waals surface area contributed by atoms with E-state index in [4.69, 9.17) is 0 Å². The number of hydrogen-bond donors (Lipinski definition) is 2. The van der Waals surface area contributed by atoms with E-state index in [0.29, 0.717) is 11.0 Å². The summed E-state index contributed by atoms with van der Waals surface area (Å²) in [7, 11) is 1.82. The number of nitrogens with one attached hydrogen (secondary N) is 1. The zero-order valence-corrected chi connectivity index (χ0v) is 19.9. The van der Waals surface area contributed by atoms with Gasteiger partial charge in [-0.3, -0.25) is 10.1 Å². The van der Waals surface area contributed by atoms with Crippen molar-refractivity contribution in [3.8, 4) is 0 Å². The third kappa shape index (κ3) is 4.86. The van der Waals surface area contributed by atoms with E-state index in [0.717, 1.165) is 29.0 Å². The van der Waals surface area contributed by atoms with Gasteiger partial charge in [0.2, 0.25) is 0 Å². The molecule has 164 valence electrons. The Morgan fingerprint density at radius 2 is 2.10 bits per heavy atom. The number of aliphatic carboxylic acids is 1. The second-order valence-electron chi connectivity index (χ2n) is 8.19. The van der Waals surface area contributed by atoms with Gasteiger partial charge in [-0.15, -0.1) is 11.3 Å². The molecule has 10 heteroatoms. The Bertz CT molecular complexity index is 1110. The molecule has 2 aromatic heterocycles. The highest BCUT2D eigenvalue weighted by Crippen LogP contribution is 2.39. The van der Waals surface area contributed by atoms with Crippen LogP contribution in [-0.2, 0) is 4.79 Å². The lowest BCUT2D eigenvalue weighted by Gasteiger charge is -2.24. The standard InChI is InChI=1S/C21H24N4O3S3/c1-21(2,18(26)27)31-17-10-22-19(30-17)24-20(28)25(3)14-6-4-12(8-14)13-5-7-15-16(9-13)29-11-23-15/h5,7,9-12,14H,4,6,8H2,1-3H3,(H,26,27)(H,22,24,28). The lowest BCUT2D eigenvalue weighted by Crippen LogP contribution is -2.38. The molecule has 1 fully saturated rings. The number of thiazole rings is 2. The summed E-state index contributed by atoms with van der Waals surface area (Å²) in [6, 6.07) is 6.44. The number of carbonyl (C=O) groups excluding carboxylic acids is 1. The molecule has 1 aliphatic rings. The van der Waals surface area contributed by atoms with E-state index in [1.807, 2.05) is 12.6 Å². The van der Waals surface area contributed by atoms with Crippen LogP contribution in [0.2, 0.25) is 0 Å². The van der Waals surface area contributed by atoms with Crippen LogP contribution in [0.5, 0.6) is 0 Å². The molecule has 1 aliphatic carbocycles. The number of fused-ring (bicyclic) bond motifs is 1. The summed E-state index contributed by atoms with van der Waals surface area (Å²) in [5.41, 5.74) is 4.22. The molecule has 0 spiro atoms. The van der Waals surface area contributed by atoms with Crippen molar-refractivity contribution in [3.63, 3.8) is 0 Å². The number of hydrogen-bond acceptors (Lipinski definition) is 7. The number of thioether (sulfide) groups is 1. The first-order chi connectivity index (χ1) is 14.7. The molecule has 0 aliphatic heterocycles. The van der Waals surface area contributed by atoms with Gasteiger partial charge >= 0.3 is 12.0 Å². The van der Waals surface area contributed by atoms with Gasteiger partial charge in [-0.2, -0.15) is 0 Å². The summed E-state index contributed by atoms with van der Waals surface area (Å²) in [5.74, 6) is -0.450. The van der Waals surface area contributed by atoms with Crippen LogP contribution in [0.15, 0.2) is 34.1 Å². The number of urea groups is 1. The maximum absolute atomic E-state index is 12.8. The van der Waals surface area contributed by atoms with E-state index in [1.165, 1.54) is 33.4 Å². The predicted octanol–water partition coefficient (Wildman–Crippen LogP) is 5.51. The Labute approximate surface area is 192 Å². The molecule has 7 nitrogen and oxygen atoms in total. The molecule has 1 aromatic carbocycles. The van der Waals surface area contributed by atoms with Gasteiger partial charge in [-0.25, -0.2) is 14.8 Å². The molecule has 2 heterocycles. The fourth-order valence-electron chi connectivity index (χ4n) is 3.74. The molecule has 2 N–H and O–H groups in total. The number of aromatic nitrogens is 2. The Hall–Kier alpha value is -2.17. The normalized spacial score (nSPS) is 18.9. The summed E-state index contributed by atoms with van der Waals surface area (Å²) >= 11 is 4.17. The maximum atomic E-state index is 12.8. The Morgan fingerprint density at radius 1 is 1.29 bits per heavy atom. The van der Waals surface area contributed by atoms with E-state index < -0.39 is 10.7 Å². The minimum absolute atomic E-state index is 0.168. The van der Waals surface area contributed by atoms with Gasteiger partial charge in [0.25, 0.3) is 0 Å². The quantitative estimate of drug-likeness (QED) is 0.456. The number of amides is 2. The molecule has 0 bridgehead atoms. The van der Waals surface area contributed by atoms with Gasteiger partial charge in [0.05, 0.1) is 26.1 Å². The van der Waals surface area contributed by atoms with Crippen molar-refractivity contribution in [1.82, 2.24) is 14.9 Å². The average Bonchev–Trinajstić information content (AvgIpc) is 3.47. The number of anilines is 1. The third-order valence-corrected chi connectivity index (χ3v) is 8.66. The Balaban J connectivity index is 1.35. The molecule has 31 heavy (non-hydrogen) atoms. The van der Waals surface area contributed by atoms with Gasteiger partial charge in [-0.05, 0) is 56.7 Å². The monoisotopic (exact) mass is 476 g/mol. The second kappa shape index (κ2) is 8.76. The molecule has 0 saturated heterocycles. The van der Waals surface area contributed by atoms with Gasteiger partial charge in [-0.1, -0.05) is 29.2 Å². The number of carboxylic acid groups (broad SMARTS) is 1. The predicted molar refractivity (Wildman–Crippen MR) is 126 cm³/mol. The lowest BCUT2D eigenvalue weighted by molar-refractivity contribution is -0.138. The van der Waals surface area contributed by atoms with Crippen LogP contribution in [0.3, 0.4) is 0 Å². The first-order valence-corrected chi connectivity index (χ1v) is 12.5. The van der Waals surface area contributed by atoms with Crippen molar-refractivity contribution in [3.05, 3.63) is 35.5 Å². The summed E-state index contributed by atoms with van der Waals surface area (Å²) in [6.07, 6.45) is 4.55. The molecule has 2 amide bonds. The van der Waals surface area contributed by atoms with E-state index >= 15 is 0 Å². The highest BCUT2D eigenvalue weighted by molar-refractivity contribution is 8.03. The fourth-order valence-corrected chi connectivity index (χ4v) is 6.73. The van der Waals surface area contributed by atoms with Crippen molar-refractivity contribution in [2.24, 2.45) is 0 Å². The number of carbonyl (C=O) groups is 2. The second-order valence-corrected chi connectivity index (χ2v) is 12.0. The van der Waals surface area contributed by atoms with Crippen LogP contribution in [0.4, 0.5) is 9.93 Å². The van der Waals surface area contributed by atoms with Gasteiger partial charge in [0, 0.05) is 13.1 Å². The summed E-state index contributed by atoms with van der Waals surface area (Å²) in [5, 5.41) is 12.6. The number of nitrogens with zero attached hydrogens (tertiary/aromatic N) is 3. The number of carboxylic acids is 1. The Morgan fingerprint density at radius 3 is 2.87 bits per heavy atom. The van der Waals surface area contributed by atoms with E-state index in [2.05, 4.69) is 33.5 Å². The first kappa shape index (κ1) is 22.0. The topological polar surface area (TPSA) is 95.4 Å². The van der Waals surface area contributed by atoms with Crippen LogP contribution in [0.25, 0.3) is 10.2 Å². The van der Waals surface area contributed by atoms with E-state index in [1.54, 1.807) is 36.3 Å². The van der Waals surface area contributed by atoms with Gasteiger partial charge in [0.1, 0.15) is 4.75 Å². The molecule has 3 aromatic rings. The Kier molecular flexibility index (Phi) is 6.23. The number of benzene rings is 1. The highest BCUT2D eigenvalue weighted by Gasteiger charge is 2.32. The molecular formula is C21H24N4O3S3. The van der Waals surface area contributed by atoms with E-state index in [-0.39, 0.29) is 12.1 Å². The molecule has 4 rings (SSSR count). The van der Waals surface area contributed by atoms with Crippen LogP contribution >= 0.6 is 34.4 Å². The maximum Gasteiger partial charge on any atom is 0.323 e. The molecule has 1 saturated carbocycles. The van der Waals surface area contributed by atoms with Gasteiger partial charge in [0.15, 0.2) is 5.13 Å². The molecule has 2 atom stereocenters. The molecule has 2 unspecified atom stereocenters. The average molecular weight is 477 g/mol. The zero-order valence-electron chi connectivity index (χ0n) is 17.5. The lowest BCUT2D eigenvalue weighted by atomic mass is 9.97. The highest BCUT2D eigenvalue weighted by atomic mass is 32.2. The largest absolute Gasteiger partial charge is 0.480 e. The van der Waals surface area contributed by atoms with Crippen molar-refractivity contribution >= 4 is 61.8 Å². The van der Waals surface area contributed by atoms with Crippen molar-refractivity contribution in [1.29, 1.82) is 0 Å². The molecular weight excluding hydrogens is 452 g/mol. The smallest absolute Gasteiger partial charge is 0.323 e. The zero-order chi connectivity index (χ0) is 22.2. The van der Waals surface area contributed by atoms with Crippen LogP contribution < -0.4 is 5.32 Å². The summed E-state index contributed by atoms with van der Waals surface area (Å²) in [4.78, 5) is 34.4.